The molecule has 0 spiro atoms. The van der Waals surface area contributed by atoms with E-state index in [9.17, 15) is 48.8 Å². The topological polar surface area (TPSA) is 226 Å². The van der Waals surface area contributed by atoms with Crippen LogP contribution in [0, 0.1) is 22.1 Å². The molecule has 0 bridgehead atoms. The third-order valence-electron chi connectivity index (χ3n) is 14.9. The average Bonchev–Trinajstić information content (AvgIpc) is 0.804. The van der Waals surface area contributed by atoms with Crippen LogP contribution in [0.2, 0.25) is 0 Å². The SMILES string of the molecule is COc1ccc(-c2cccc(Oc3ccc(Br)cc3S(=O)(=O)CC(=O)CC(C)(C)C)c2)cc1.COc1ccc(-c2cccc(Oc3ccc(C(C)=O)cc3S(=O)(=O)CC(=O)CC(C)(C)C)c2)cc1.COc1ccc(-c2cccc(Oc3ccc(F)cc3S(=O)(=O)CC(=O)CC(C)(C)C)c2)cc1. The van der Waals surface area contributed by atoms with E-state index in [0.29, 0.717) is 21.7 Å². The van der Waals surface area contributed by atoms with Gasteiger partial charge in [0.1, 0.15) is 107 Å². The fourth-order valence-electron chi connectivity index (χ4n) is 10.4. The van der Waals surface area contributed by atoms with E-state index in [1.165, 1.54) is 37.3 Å². The Hall–Kier alpha value is -9.28. The number of halogens is 2. The van der Waals surface area contributed by atoms with Gasteiger partial charge in [0.25, 0.3) is 0 Å². The van der Waals surface area contributed by atoms with Gasteiger partial charge in [0.2, 0.25) is 0 Å². The van der Waals surface area contributed by atoms with Crippen molar-refractivity contribution >= 4 is 68.6 Å². The monoisotopic (exact) mass is 1490 g/mol. The van der Waals surface area contributed by atoms with Gasteiger partial charge in [-0.1, -0.05) is 151 Å². The number of methoxy groups -OCH3 is 3. The zero-order chi connectivity index (χ0) is 74.3. The summed E-state index contributed by atoms with van der Waals surface area (Å²) < 4.78 is 127. The van der Waals surface area contributed by atoms with Crippen molar-refractivity contribution in [2.24, 2.45) is 16.2 Å². The zero-order valence-corrected chi connectivity index (χ0v) is 62.8. The van der Waals surface area contributed by atoms with E-state index >= 15 is 0 Å². The molecule has 0 saturated heterocycles. The quantitative estimate of drug-likeness (QED) is 0.0485. The molecule has 9 aromatic carbocycles. The Kier molecular flexibility index (Phi) is 26.6. The van der Waals surface area contributed by atoms with Crippen molar-refractivity contribution in [1.29, 1.82) is 0 Å². The van der Waals surface area contributed by atoms with Crippen LogP contribution < -0.4 is 28.4 Å². The van der Waals surface area contributed by atoms with Gasteiger partial charge in [-0.25, -0.2) is 29.6 Å². The van der Waals surface area contributed by atoms with Crippen LogP contribution in [0.3, 0.4) is 0 Å². The minimum Gasteiger partial charge on any atom is -0.497 e. The maximum atomic E-state index is 14.0. The van der Waals surface area contributed by atoms with E-state index in [0.717, 1.165) is 62.8 Å². The van der Waals surface area contributed by atoms with Crippen molar-refractivity contribution < 1.29 is 77.2 Å². The molecule has 0 N–H and O–H groups in total. The van der Waals surface area contributed by atoms with E-state index in [1.807, 2.05) is 165 Å². The van der Waals surface area contributed by atoms with E-state index in [4.69, 9.17) is 28.4 Å². The van der Waals surface area contributed by atoms with Gasteiger partial charge < -0.3 is 28.4 Å². The second kappa shape index (κ2) is 33.9. The summed E-state index contributed by atoms with van der Waals surface area (Å²) in [6.07, 6.45) is 0.403. The van der Waals surface area contributed by atoms with Gasteiger partial charge in [0.05, 0.1) is 21.3 Å². The molecule has 101 heavy (non-hydrogen) atoms. The van der Waals surface area contributed by atoms with Crippen LogP contribution in [-0.2, 0) is 43.9 Å². The minimum absolute atomic E-state index is 0.0195. The highest BCUT2D eigenvalue weighted by molar-refractivity contribution is 9.10. The summed E-state index contributed by atoms with van der Waals surface area (Å²) in [6.45, 7) is 18.2. The number of ether oxygens (including phenoxy) is 6. The summed E-state index contributed by atoms with van der Waals surface area (Å²) >= 11 is 3.33. The predicted molar refractivity (Wildman–Crippen MR) is 396 cm³/mol. The van der Waals surface area contributed by atoms with E-state index in [-0.39, 0.29) is 84.6 Å². The molecule has 0 atom stereocenters. The second-order valence-corrected chi connectivity index (χ2v) is 34.4. The number of hydrogen-bond acceptors (Lipinski definition) is 16. The standard InChI is InChI=1S/C28H30O6S.C26H27BrO5S.C26H27FO5S/c1-19(29)21-11-14-26(27(16-21)35(31,32)18-23(30)17-28(2,3)4)34-25-8-6-7-22(15-25)20-9-12-24(33-5)13-10-20;2*1-26(2,3)16-21(28)17-33(29,30)25-15-20(27)10-13-24(25)32-23-7-5-6-19(14-23)18-8-11-22(31-4)12-9-18/h6-16H,17-18H2,1-5H3;2*5-15H,16-17H2,1-4H3. The third-order valence-corrected chi connectivity index (χ3v) is 20.4. The molecule has 16 nitrogen and oxygen atoms in total. The predicted octanol–water partition coefficient (Wildman–Crippen LogP) is 18.9. The number of Topliss-reactive ketones (excluding diaryl/α,β-unsaturated/α-hetero) is 4. The van der Waals surface area contributed by atoms with Crippen molar-refractivity contribution in [2.75, 3.05) is 38.6 Å². The number of sulfone groups is 3. The van der Waals surface area contributed by atoms with Crippen LogP contribution in [0.4, 0.5) is 4.39 Å². The van der Waals surface area contributed by atoms with Gasteiger partial charge in [-0.05, 0) is 184 Å². The maximum absolute atomic E-state index is 14.0. The summed E-state index contributed by atoms with van der Waals surface area (Å²) in [7, 11) is -7.24. The maximum Gasteiger partial charge on any atom is 0.189 e. The molecule has 21 heteroatoms. The second-order valence-electron chi connectivity index (χ2n) is 27.6. The van der Waals surface area contributed by atoms with Gasteiger partial charge in [-0.15, -0.1) is 0 Å². The molecule has 532 valence electrons. The van der Waals surface area contributed by atoms with Crippen molar-refractivity contribution in [2.45, 2.75) is 103 Å². The van der Waals surface area contributed by atoms with Gasteiger partial charge >= 0.3 is 0 Å². The average molecular weight is 1500 g/mol. The molecule has 0 aromatic heterocycles. The molecule has 9 aromatic rings. The van der Waals surface area contributed by atoms with Crippen LogP contribution in [0.5, 0.6) is 51.7 Å². The van der Waals surface area contributed by atoms with Crippen LogP contribution in [0.1, 0.15) is 98.9 Å². The van der Waals surface area contributed by atoms with E-state index < -0.39 is 64.2 Å². The molecule has 0 amide bonds. The van der Waals surface area contributed by atoms with Gasteiger partial charge in [0.15, 0.2) is 35.3 Å². The normalized spacial score (nSPS) is 11.8. The lowest BCUT2D eigenvalue weighted by Gasteiger charge is -2.17. The van der Waals surface area contributed by atoms with Crippen molar-refractivity contribution in [3.8, 4) is 85.1 Å². The lowest BCUT2D eigenvalue weighted by Crippen LogP contribution is -2.22. The summed E-state index contributed by atoms with van der Waals surface area (Å²) in [5, 5.41) is 0. The van der Waals surface area contributed by atoms with Crippen molar-refractivity contribution in [3.05, 3.63) is 216 Å². The fourth-order valence-corrected chi connectivity index (χ4v) is 15.1. The first-order chi connectivity index (χ1) is 47.3. The van der Waals surface area contributed by atoms with Gasteiger partial charge in [-0.2, -0.15) is 0 Å². The van der Waals surface area contributed by atoms with Crippen LogP contribution in [0.15, 0.2) is 219 Å². The Morgan fingerprint density at radius 2 is 0.653 bits per heavy atom. The highest BCUT2D eigenvalue weighted by Crippen LogP contribution is 2.39. The number of carbonyl (C=O) groups excluding carboxylic acids is 4. The molecule has 0 aliphatic rings. The first-order valence-corrected chi connectivity index (χ1v) is 37.8. The molecular formula is C80H84BrFO16S3. The van der Waals surface area contributed by atoms with Gasteiger partial charge in [-0.3, -0.25) is 19.2 Å². The molecule has 0 fully saturated rings. The molecule has 0 radical (unpaired) electrons. The van der Waals surface area contributed by atoms with E-state index in [2.05, 4.69) is 15.9 Å². The summed E-state index contributed by atoms with van der Waals surface area (Å²) in [5.41, 5.74) is 4.71. The number of hydrogen-bond donors (Lipinski definition) is 0. The molecule has 0 unspecified atom stereocenters. The largest absolute Gasteiger partial charge is 0.497 e. The first kappa shape index (κ1) is 79.1. The summed E-state index contributed by atoms with van der Waals surface area (Å²) in [6, 6.07) is 56.6. The van der Waals surface area contributed by atoms with Crippen LogP contribution in [0.25, 0.3) is 33.4 Å². The Labute approximate surface area is 601 Å². The number of benzene rings is 9. The molecule has 0 aliphatic carbocycles. The lowest BCUT2D eigenvalue weighted by molar-refractivity contribution is -0.119. The van der Waals surface area contributed by atoms with E-state index in [1.54, 1.807) is 75.9 Å². The Morgan fingerprint density at radius 1 is 0.356 bits per heavy atom. The number of carbonyl (C=O) groups is 4. The lowest BCUT2D eigenvalue weighted by atomic mass is 9.90. The highest BCUT2D eigenvalue weighted by atomic mass is 79.9. The summed E-state index contributed by atoms with van der Waals surface area (Å²) in [4.78, 5) is 48.6. The van der Waals surface area contributed by atoms with Crippen molar-refractivity contribution in [1.82, 2.24) is 0 Å². The molecule has 9 rings (SSSR count). The van der Waals surface area contributed by atoms with Crippen LogP contribution >= 0.6 is 15.9 Å². The Bertz CT molecular complexity index is 4580. The Balaban J connectivity index is 0.000000213. The third kappa shape index (κ3) is 24.2. The Morgan fingerprint density at radius 3 is 0.960 bits per heavy atom. The molecular weight excluding hydrogens is 1410 g/mol. The zero-order valence-electron chi connectivity index (χ0n) is 58.8. The number of ketones is 4. The summed E-state index contributed by atoms with van der Waals surface area (Å²) in [5.74, 6) is -0.369. The first-order valence-electron chi connectivity index (χ1n) is 32.1. The fraction of sp³-hybridized carbons (Fsp3) is 0.275. The molecule has 0 aliphatic heterocycles. The molecule has 0 saturated carbocycles. The van der Waals surface area contributed by atoms with Gasteiger partial charge in [0, 0.05) is 29.3 Å². The minimum atomic E-state index is -4.10. The smallest absolute Gasteiger partial charge is 0.189 e. The number of rotatable bonds is 25. The highest BCUT2D eigenvalue weighted by Gasteiger charge is 2.31. The van der Waals surface area contributed by atoms with Crippen molar-refractivity contribution in [3.63, 3.8) is 0 Å². The molecule has 0 heterocycles. The van der Waals surface area contributed by atoms with Crippen LogP contribution in [-0.4, -0.2) is 87.0 Å².